The Kier molecular flexibility index (Phi) is 9.78. The average Bonchev–Trinajstić information content (AvgIpc) is 2.76. The second-order valence-electron chi connectivity index (χ2n) is 6.14. The number of carbonyl (C=O) groups is 3. The van der Waals surface area contributed by atoms with Crippen LogP contribution in [0, 0.1) is 0 Å². The number of amides is 1. The van der Waals surface area contributed by atoms with Crippen molar-refractivity contribution < 1.29 is 23.9 Å². The molecule has 0 heterocycles. The van der Waals surface area contributed by atoms with Crippen molar-refractivity contribution in [3.8, 4) is 5.75 Å². The third-order valence-corrected chi connectivity index (χ3v) is 4.93. The van der Waals surface area contributed by atoms with Gasteiger partial charge >= 0.3 is 5.97 Å². The van der Waals surface area contributed by atoms with Gasteiger partial charge in [-0.1, -0.05) is 37.3 Å². The number of rotatable bonds is 12. The molecule has 1 amide bonds. The van der Waals surface area contributed by atoms with Crippen LogP contribution in [-0.4, -0.2) is 43.2 Å². The lowest BCUT2D eigenvalue weighted by Crippen LogP contribution is -2.31. The molecule has 0 aromatic heterocycles. The lowest BCUT2D eigenvalue weighted by molar-refractivity contribution is -0.150. The summed E-state index contributed by atoms with van der Waals surface area (Å²) in [5.74, 6) is 1.17. The van der Waals surface area contributed by atoms with E-state index < -0.39 is 5.97 Å². The summed E-state index contributed by atoms with van der Waals surface area (Å²) in [6.07, 6.45) is 0.431. The molecule has 1 N–H and O–H groups in total. The molecule has 6 nitrogen and oxygen atoms in total. The monoisotopic (exact) mass is 415 g/mol. The fourth-order valence-corrected chi connectivity index (χ4v) is 3.17. The number of benzene rings is 2. The van der Waals surface area contributed by atoms with Crippen LogP contribution in [0.4, 0.5) is 0 Å². The number of thioether (sulfide) groups is 1. The van der Waals surface area contributed by atoms with E-state index >= 15 is 0 Å². The number of esters is 1. The van der Waals surface area contributed by atoms with Crippen molar-refractivity contribution in [1.82, 2.24) is 5.32 Å². The van der Waals surface area contributed by atoms with Crippen molar-refractivity contribution in [1.29, 1.82) is 0 Å². The highest BCUT2D eigenvalue weighted by molar-refractivity contribution is 7.98. The van der Waals surface area contributed by atoms with Gasteiger partial charge in [0.2, 0.25) is 0 Å². The molecule has 154 valence electrons. The quantitative estimate of drug-likeness (QED) is 0.326. The Morgan fingerprint density at radius 2 is 1.69 bits per heavy atom. The van der Waals surface area contributed by atoms with E-state index in [-0.39, 0.29) is 24.9 Å². The summed E-state index contributed by atoms with van der Waals surface area (Å²) in [6.45, 7) is 1.66. The van der Waals surface area contributed by atoms with E-state index in [0.29, 0.717) is 24.3 Å². The van der Waals surface area contributed by atoms with E-state index in [1.165, 1.54) is 5.56 Å². The van der Waals surface area contributed by atoms with Gasteiger partial charge in [-0.2, -0.15) is 11.8 Å². The molecule has 0 atom stereocenters. The maximum atomic E-state index is 11.7. The molecule has 7 heteroatoms. The zero-order chi connectivity index (χ0) is 20.9. The highest BCUT2D eigenvalue weighted by atomic mass is 32.2. The van der Waals surface area contributed by atoms with Gasteiger partial charge < -0.3 is 14.8 Å². The third-order valence-electron chi connectivity index (χ3n) is 3.90. The number of hydrogen-bond donors (Lipinski definition) is 1. The van der Waals surface area contributed by atoms with E-state index in [2.05, 4.69) is 17.4 Å². The molecule has 0 spiro atoms. The van der Waals surface area contributed by atoms with E-state index in [9.17, 15) is 14.4 Å². The molecule has 0 fully saturated rings. The van der Waals surface area contributed by atoms with Crippen LogP contribution in [-0.2, 0) is 20.1 Å². The summed E-state index contributed by atoms with van der Waals surface area (Å²) in [7, 11) is 0. The summed E-state index contributed by atoms with van der Waals surface area (Å²) in [6, 6.07) is 16.6. The van der Waals surface area contributed by atoms with Crippen LogP contribution in [0.1, 0.15) is 29.3 Å². The van der Waals surface area contributed by atoms with E-state index in [4.69, 9.17) is 9.47 Å². The van der Waals surface area contributed by atoms with Gasteiger partial charge in [-0.25, -0.2) is 4.79 Å². The van der Waals surface area contributed by atoms with E-state index in [1.54, 1.807) is 43.0 Å². The standard InChI is InChI=1S/C22H25NO5S/c1-2-20(24)18-8-10-19(11-9-18)27-15-22(26)28-14-21(25)23-12-13-29-16-17-6-4-3-5-7-17/h3-11H,2,12-16H2,1H3,(H,23,25). The number of nitrogens with one attached hydrogen (secondary N) is 1. The molecule has 2 aromatic rings. The van der Waals surface area contributed by atoms with Crippen LogP contribution in [0.2, 0.25) is 0 Å². The fraction of sp³-hybridized carbons (Fsp3) is 0.318. The first-order valence-corrected chi connectivity index (χ1v) is 10.5. The van der Waals surface area contributed by atoms with Crippen LogP contribution >= 0.6 is 11.8 Å². The summed E-state index contributed by atoms with van der Waals surface area (Å²) in [4.78, 5) is 35.0. The first-order valence-electron chi connectivity index (χ1n) is 9.38. The number of ketones is 1. The van der Waals surface area contributed by atoms with E-state index in [0.717, 1.165) is 11.5 Å². The summed E-state index contributed by atoms with van der Waals surface area (Å²) in [5.41, 5.74) is 1.84. The Morgan fingerprint density at radius 1 is 0.966 bits per heavy atom. The van der Waals surface area contributed by atoms with Crippen molar-refractivity contribution in [2.45, 2.75) is 19.1 Å². The van der Waals surface area contributed by atoms with Gasteiger partial charge in [0.05, 0.1) is 0 Å². The van der Waals surface area contributed by atoms with Crippen LogP contribution < -0.4 is 10.1 Å². The minimum atomic E-state index is -0.632. The lowest BCUT2D eigenvalue weighted by Gasteiger charge is -2.08. The minimum Gasteiger partial charge on any atom is -0.482 e. The molecule has 0 aliphatic carbocycles. The van der Waals surface area contributed by atoms with Gasteiger partial charge in [0, 0.05) is 30.0 Å². The molecule has 2 rings (SSSR count). The Hall–Kier alpha value is -2.80. The molecular formula is C22H25NO5S. The molecule has 0 aliphatic heterocycles. The van der Waals surface area contributed by atoms with Crippen molar-refractivity contribution in [2.24, 2.45) is 0 Å². The first-order chi connectivity index (χ1) is 14.1. The molecule has 29 heavy (non-hydrogen) atoms. The van der Waals surface area contributed by atoms with Crippen LogP contribution in [0.3, 0.4) is 0 Å². The molecular weight excluding hydrogens is 390 g/mol. The minimum absolute atomic E-state index is 0.0421. The first kappa shape index (κ1) is 22.5. The summed E-state index contributed by atoms with van der Waals surface area (Å²) < 4.78 is 10.2. The fourth-order valence-electron chi connectivity index (χ4n) is 2.35. The smallest absolute Gasteiger partial charge is 0.344 e. The topological polar surface area (TPSA) is 81.7 Å². The zero-order valence-corrected chi connectivity index (χ0v) is 17.2. The van der Waals surface area contributed by atoms with Gasteiger partial charge in [-0.3, -0.25) is 9.59 Å². The predicted molar refractivity (Wildman–Crippen MR) is 113 cm³/mol. The van der Waals surface area contributed by atoms with Gasteiger partial charge in [0.25, 0.3) is 5.91 Å². The number of Topliss-reactive ketones (excluding diaryl/α,β-unsaturated/α-hetero) is 1. The van der Waals surface area contributed by atoms with Gasteiger partial charge in [-0.15, -0.1) is 0 Å². The summed E-state index contributed by atoms with van der Waals surface area (Å²) >= 11 is 1.72. The Labute approximate surface area is 175 Å². The van der Waals surface area contributed by atoms with Crippen molar-refractivity contribution in [3.05, 3.63) is 65.7 Å². The SMILES string of the molecule is CCC(=O)c1ccc(OCC(=O)OCC(=O)NCCSCc2ccccc2)cc1. The maximum absolute atomic E-state index is 11.7. The van der Waals surface area contributed by atoms with Crippen LogP contribution in [0.5, 0.6) is 5.75 Å². The number of hydrogen-bond acceptors (Lipinski definition) is 6. The molecule has 0 bridgehead atoms. The van der Waals surface area contributed by atoms with Gasteiger partial charge in [0.15, 0.2) is 19.0 Å². The summed E-state index contributed by atoms with van der Waals surface area (Å²) in [5, 5.41) is 2.71. The molecule has 0 saturated carbocycles. The molecule has 0 aliphatic rings. The zero-order valence-electron chi connectivity index (χ0n) is 16.4. The van der Waals surface area contributed by atoms with Crippen molar-refractivity contribution in [3.63, 3.8) is 0 Å². The van der Waals surface area contributed by atoms with Crippen LogP contribution in [0.15, 0.2) is 54.6 Å². The highest BCUT2D eigenvalue weighted by Crippen LogP contribution is 2.13. The van der Waals surface area contributed by atoms with Gasteiger partial charge in [0.1, 0.15) is 5.75 Å². The Bertz CT molecular complexity index is 793. The normalized spacial score (nSPS) is 10.2. The van der Waals surface area contributed by atoms with Crippen LogP contribution in [0.25, 0.3) is 0 Å². The average molecular weight is 416 g/mol. The molecule has 0 unspecified atom stereocenters. The maximum Gasteiger partial charge on any atom is 0.344 e. The second kappa shape index (κ2) is 12.6. The lowest BCUT2D eigenvalue weighted by atomic mass is 10.1. The molecule has 0 saturated heterocycles. The molecule has 2 aromatic carbocycles. The second-order valence-corrected chi connectivity index (χ2v) is 7.24. The third kappa shape index (κ3) is 8.83. The Balaban J connectivity index is 1.55. The number of carbonyl (C=O) groups excluding carboxylic acids is 3. The highest BCUT2D eigenvalue weighted by Gasteiger charge is 2.09. The molecule has 0 radical (unpaired) electrons. The van der Waals surface area contributed by atoms with Gasteiger partial charge in [-0.05, 0) is 29.8 Å². The van der Waals surface area contributed by atoms with Crippen molar-refractivity contribution >= 4 is 29.4 Å². The largest absolute Gasteiger partial charge is 0.482 e. The van der Waals surface area contributed by atoms with Crippen molar-refractivity contribution in [2.75, 3.05) is 25.5 Å². The Morgan fingerprint density at radius 3 is 2.38 bits per heavy atom. The predicted octanol–water partition coefficient (Wildman–Crippen LogP) is 3.25. The number of ether oxygens (including phenoxy) is 2. The van der Waals surface area contributed by atoms with E-state index in [1.807, 2.05) is 18.2 Å².